The molecule has 1 saturated carbocycles. The summed E-state index contributed by atoms with van der Waals surface area (Å²) >= 11 is 1.63. The van der Waals surface area contributed by atoms with Crippen LogP contribution in [0.25, 0.3) is 0 Å². The molecule has 0 saturated heterocycles. The van der Waals surface area contributed by atoms with Gasteiger partial charge in [0.25, 0.3) is 0 Å². The van der Waals surface area contributed by atoms with Crippen LogP contribution < -0.4 is 9.47 Å². The molecular weight excluding hydrogens is 448 g/mol. The van der Waals surface area contributed by atoms with Crippen molar-refractivity contribution in [2.45, 2.75) is 45.1 Å². The van der Waals surface area contributed by atoms with Gasteiger partial charge in [0.05, 0.1) is 20.8 Å². The molecule has 0 spiro atoms. The first-order chi connectivity index (χ1) is 16.5. The highest BCUT2D eigenvalue weighted by Crippen LogP contribution is 2.28. The van der Waals surface area contributed by atoms with Crippen LogP contribution in [0, 0.1) is 5.92 Å². The zero-order chi connectivity index (χ0) is 24.3. The van der Waals surface area contributed by atoms with Gasteiger partial charge in [0.1, 0.15) is 6.54 Å². The van der Waals surface area contributed by atoms with Gasteiger partial charge in [0.15, 0.2) is 11.5 Å². The van der Waals surface area contributed by atoms with Crippen LogP contribution in [-0.4, -0.2) is 55.5 Å². The fourth-order valence-corrected chi connectivity index (χ4v) is 5.16. The Balaban J connectivity index is 1.71. The van der Waals surface area contributed by atoms with Crippen LogP contribution in [0.1, 0.15) is 42.5 Å². The van der Waals surface area contributed by atoms with Gasteiger partial charge in [-0.1, -0.05) is 37.5 Å². The third-order valence-corrected chi connectivity index (χ3v) is 7.20. The summed E-state index contributed by atoms with van der Waals surface area (Å²) in [7, 11) is 3.23. The predicted octanol–water partition coefficient (Wildman–Crippen LogP) is 4.93. The Labute approximate surface area is 207 Å². The number of amides is 2. The quantitative estimate of drug-likeness (QED) is 0.401. The van der Waals surface area contributed by atoms with E-state index in [0.717, 1.165) is 36.1 Å². The number of thiophene rings is 1. The highest BCUT2D eigenvalue weighted by molar-refractivity contribution is 7.09. The fourth-order valence-electron chi connectivity index (χ4n) is 4.44. The Morgan fingerprint density at radius 3 is 2.50 bits per heavy atom. The maximum absolute atomic E-state index is 13.4. The van der Waals surface area contributed by atoms with E-state index in [1.54, 1.807) is 36.5 Å². The minimum absolute atomic E-state index is 0.0269. The van der Waals surface area contributed by atoms with E-state index >= 15 is 0 Å². The molecule has 184 valence electrons. The van der Waals surface area contributed by atoms with Gasteiger partial charge in [-0.2, -0.15) is 0 Å². The smallest absolute Gasteiger partial charge is 0.242 e. The number of hydrogen-bond donors (Lipinski definition) is 0. The number of ether oxygens (including phenoxy) is 2. The average Bonchev–Trinajstić information content (AvgIpc) is 3.39. The normalized spacial score (nSPS) is 13.8. The topological polar surface area (TPSA) is 59.1 Å². The number of hydrogen-bond acceptors (Lipinski definition) is 5. The molecule has 0 aliphatic heterocycles. The predicted molar refractivity (Wildman–Crippen MR) is 136 cm³/mol. The second kappa shape index (κ2) is 13.2. The van der Waals surface area contributed by atoms with Crippen LogP contribution in [0.3, 0.4) is 0 Å². The summed E-state index contributed by atoms with van der Waals surface area (Å²) in [6, 6.07) is 9.85. The summed E-state index contributed by atoms with van der Waals surface area (Å²) in [5.41, 5.74) is 1.06. The summed E-state index contributed by atoms with van der Waals surface area (Å²) in [5.74, 6) is 1.42. The molecule has 1 aromatic heterocycles. The lowest BCUT2D eigenvalue weighted by Gasteiger charge is -2.30. The van der Waals surface area contributed by atoms with Crippen LogP contribution >= 0.6 is 11.3 Å². The molecule has 1 aromatic carbocycles. The molecule has 0 unspecified atom stereocenters. The molecule has 1 heterocycles. The Kier molecular flexibility index (Phi) is 10.0. The first kappa shape index (κ1) is 25.8. The number of carbonyl (C=O) groups excluding carboxylic acids is 2. The van der Waals surface area contributed by atoms with E-state index in [0.29, 0.717) is 37.6 Å². The maximum atomic E-state index is 13.4. The summed E-state index contributed by atoms with van der Waals surface area (Å²) in [6.07, 6.45) is 7.58. The first-order valence-electron chi connectivity index (χ1n) is 12.0. The average molecular weight is 485 g/mol. The Morgan fingerprint density at radius 2 is 1.85 bits per heavy atom. The Hall–Kier alpha value is -2.80. The number of methoxy groups -OCH3 is 2. The van der Waals surface area contributed by atoms with E-state index in [-0.39, 0.29) is 24.3 Å². The van der Waals surface area contributed by atoms with Gasteiger partial charge in [0, 0.05) is 23.9 Å². The number of nitrogens with zero attached hydrogens (tertiary/aromatic N) is 2. The highest BCUT2D eigenvalue weighted by atomic mass is 32.1. The van der Waals surface area contributed by atoms with E-state index in [4.69, 9.17) is 9.47 Å². The van der Waals surface area contributed by atoms with E-state index < -0.39 is 0 Å². The van der Waals surface area contributed by atoms with Gasteiger partial charge in [-0.25, -0.2) is 0 Å². The first-order valence-corrected chi connectivity index (χ1v) is 12.8. The molecule has 1 fully saturated rings. The van der Waals surface area contributed by atoms with Crippen molar-refractivity contribution in [3.05, 3.63) is 58.8 Å². The Morgan fingerprint density at radius 1 is 1.09 bits per heavy atom. The lowest BCUT2D eigenvalue weighted by molar-refractivity contribution is -0.143. The van der Waals surface area contributed by atoms with Gasteiger partial charge in [-0.15, -0.1) is 17.9 Å². The van der Waals surface area contributed by atoms with Gasteiger partial charge < -0.3 is 19.3 Å². The van der Waals surface area contributed by atoms with Gasteiger partial charge in [0.2, 0.25) is 11.8 Å². The molecule has 1 aliphatic carbocycles. The molecule has 2 aromatic rings. The zero-order valence-corrected chi connectivity index (χ0v) is 21.1. The van der Waals surface area contributed by atoms with Crippen molar-refractivity contribution in [2.24, 2.45) is 5.92 Å². The monoisotopic (exact) mass is 484 g/mol. The lowest BCUT2D eigenvalue weighted by Crippen LogP contribution is -2.45. The van der Waals surface area contributed by atoms with E-state index in [1.165, 1.54) is 6.42 Å². The third-order valence-electron chi connectivity index (χ3n) is 6.34. The molecule has 2 amide bonds. The molecule has 7 heteroatoms. The lowest BCUT2D eigenvalue weighted by atomic mass is 9.88. The molecular formula is C27H36N2O4S. The molecule has 1 aliphatic rings. The second-order valence-electron chi connectivity index (χ2n) is 8.68. The maximum Gasteiger partial charge on any atom is 0.242 e. The molecule has 0 radical (unpaired) electrons. The van der Waals surface area contributed by atoms with Crippen molar-refractivity contribution >= 4 is 23.2 Å². The van der Waals surface area contributed by atoms with Crippen molar-refractivity contribution in [1.82, 2.24) is 9.80 Å². The van der Waals surface area contributed by atoms with Crippen molar-refractivity contribution in [2.75, 3.05) is 33.9 Å². The van der Waals surface area contributed by atoms with Gasteiger partial charge in [-0.3, -0.25) is 9.59 Å². The van der Waals surface area contributed by atoms with Crippen LogP contribution in [-0.2, 0) is 22.6 Å². The van der Waals surface area contributed by atoms with E-state index in [1.807, 2.05) is 40.6 Å². The molecule has 34 heavy (non-hydrogen) atoms. The molecule has 0 bridgehead atoms. The number of benzene rings is 1. The minimum atomic E-state index is -0.0418. The van der Waals surface area contributed by atoms with Crippen molar-refractivity contribution in [3.8, 4) is 11.5 Å². The van der Waals surface area contributed by atoms with Gasteiger partial charge >= 0.3 is 0 Å². The van der Waals surface area contributed by atoms with Crippen molar-refractivity contribution in [1.29, 1.82) is 0 Å². The van der Waals surface area contributed by atoms with Crippen LogP contribution in [0.15, 0.2) is 48.4 Å². The molecule has 0 N–H and O–H groups in total. The number of rotatable bonds is 12. The van der Waals surface area contributed by atoms with Crippen molar-refractivity contribution in [3.63, 3.8) is 0 Å². The standard InChI is InChI=1S/C27H36N2O4S/c1-4-15-29(27(31)22-9-6-5-7-10-22)20-26(30)28(19-23-11-8-17-34-23)16-14-21-12-13-24(32-2)25(18-21)33-3/h4,8,11-13,17-18,22H,1,5-7,9-10,14-16,19-20H2,2-3H3. The van der Waals surface area contributed by atoms with Crippen LogP contribution in [0.2, 0.25) is 0 Å². The molecule has 3 rings (SSSR count). The van der Waals surface area contributed by atoms with Crippen molar-refractivity contribution < 1.29 is 19.1 Å². The minimum Gasteiger partial charge on any atom is -0.493 e. The SMILES string of the molecule is C=CCN(CC(=O)N(CCc1ccc(OC)c(OC)c1)Cc1cccs1)C(=O)C1CCCCC1. The Bertz CT molecular complexity index is 938. The van der Waals surface area contributed by atoms with Gasteiger partial charge in [-0.05, 0) is 48.4 Å². The summed E-state index contributed by atoms with van der Waals surface area (Å²) < 4.78 is 10.8. The summed E-state index contributed by atoms with van der Waals surface area (Å²) in [6.45, 7) is 5.36. The summed E-state index contributed by atoms with van der Waals surface area (Å²) in [4.78, 5) is 31.3. The molecule has 6 nitrogen and oxygen atoms in total. The highest BCUT2D eigenvalue weighted by Gasteiger charge is 2.28. The van der Waals surface area contributed by atoms with E-state index in [9.17, 15) is 9.59 Å². The zero-order valence-electron chi connectivity index (χ0n) is 20.3. The number of carbonyl (C=O) groups is 2. The second-order valence-corrected chi connectivity index (χ2v) is 9.71. The van der Waals surface area contributed by atoms with Crippen LogP contribution in [0.5, 0.6) is 11.5 Å². The van der Waals surface area contributed by atoms with E-state index in [2.05, 4.69) is 6.58 Å². The fraction of sp³-hybridized carbons (Fsp3) is 0.481. The van der Waals surface area contributed by atoms with Crippen LogP contribution in [0.4, 0.5) is 0 Å². The molecule has 0 atom stereocenters. The largest absolute Gasteiger partial charge is 0.493 e. The third kappa shape index (κ3) is 7.10. The summed E-state index contributed by atoms with van der Waals surface area (Å²) in [5, 5.41) is 2.02.